The van der Waals surface area contributed by atoms with Crippen LogP contribution >= 0.6 is 0 Å². The summed E-state index contributed by atoms with van der Waals surface area (Å²) in [6.45, 7) is 0. The number of amides is 1. The standard InChI is InChI=1S/C11H11N3O5/c15-8(7-4-12-11(19)14-9(7)16)13-6-2-1-5(3-6)10(17)18/h1-2,4-6H,3H2,(H,13,15)(H,17,18)(H2,12,14,16,19). The van der Waals surface area contributed by atoms with Gasteiger partial charge in [-0.25, -0.2) is 4.79 Å². The number of carboxylic acid groups (broad SMARTS) is 1. The highest BCUT2D eigenvalue weighted by molar-refractivity contribution is 5.93. The summed E-state index contributed by atoms with van der Waals surface area (Å²) in [5.74, 6) is -2.27. The van der Waals surface area contributed by atoms with Gasteiger partial charge in [0.2, 0.25) is 0 Å². The van der Waals surface area contributed by atoms with E-state index in [1.54, 1.807) is 6.08 Å². The summed E-state index contributed by atoms with van der Waals surface area (Å²) < 4.78 is 0. The number of hydrogen-bond acceptors (Lipinski definition) is 4. The first-order valence-corrected chi connectivity index (χ1v) is 5.51. The molecule has 2 unspecified atom stereocenters. The Labute approximate surface area is 106 Å². The number of H-pyrrole nitrogens is 2. The quantitative estimate of drug-likeness (QED) is 0.511. The van der Waals surface area contributed by atoms with Gasteiger partial charge in [0, 0.05) is 12.2 Å². The Morgan fingerprint density at radius 3 is 2.63 bits per heavy atom. The summed E-state index contributed by atoms with van der Waals surface area (Å²) in [5, 5.41) is 11.3. The van der Waals surface area contributed by atoms with Crippen molar-refractivity contribution in [1.82, 2.24) is 15.3 Å². The van der Waals surface area contributed by atoms with Crippen LogP contribution in [0.3, 0.4) is 0 Å². The lowest BCUT2D eigenvalue weighted by molar-refractivity contribution is -0.140. The van der Waals surface area contributed by atoms with Gasteiger partial charge in [-0.15, -0.1) is 0 Å². The zero-order chi connectivity index (χ0) is 14.0. The number of hydrogen-bond donors (Lipinski definition) is 4. The normalized spacial score (nSPS) is 21.3. The van der Waals surface area contributed by atoms with Crippen LogP contribution in [-0.4, -0.2) is 33.0 Å². The molecule has 1 heterocycles. The van der Waals surface area contributed by atoms with Gasteiger partial charge >= 0.3 is 11.7 Å². The van der Waals surface area contributed by atoms with E-state index in [0.717, 1.165) is 6.20 Å². The first-order chi connectivity index (χ1) is 8.97. The highest BCUT2D eigenvalue weighted by atomic mass is 16.4. The number of rotatable bonds is 3. The van der Waals surface area contributed by atoms with E-state index in [9.17, 15) is 19.2 Å². The Hall–Kier alpha value is -2.64. The minimum Gasteiger partial charge on any atom is -0.481 e. The third kappa shape index (κ3) is 2.79. The highest BCUT2D eigenvalue weighted by Crippen LogP contribution is 2.17. The van der Waals surface area contributed by atoms with Crippen LogP contribution in [0.2, 0.25) is 0 Å². The molecule has 0 spiro atoms. The number of carbonyl (C=O) groups is 2. The van der Waals surface area contributed by atoms with Crippen molar-refractivity contribution in [3.8, 4) is 0 Å². The van der Waals surface area contributed by atoms with Crippen molar-refractivity contribution in [2.75, 3.05) is 0 Å². The molecule has 0 aromatic carbocycles. The van der Waals surface area contributed by atoms with Gasteiger partial charge in [0.25, 0.3) is 11.5 Å². The second-order valence-corrected chi connectivity index (χ2v) is 4.13. The fourth-order valence-electron chi connectivity index (χ4n) is 1.81. The predicted octanol–water partition coefficient (Wildman–Crippen LogP) is -1.18. The number of aromatic nitrogens is 2. The Morgan fingerprint density at radius 2 is 2.05 bits per heavy atom. The molecule has 0 fully saturated rings. The van der Waals surface area contributed by atoms with Crippen molar-refractivity contribution in [2.45, 2.75) is 12.5 Å². The van der Waals surface area contributed by atoms with Crippen LogP contribution in [0.4, 0.5) is 0 Å². The van der Waals surface area contributed by atoms with E-state index in [4.69, 9.17) is 5.11 Å². The predicted molar refractivity (Wildman–Crippen MR) is 63.8 cm³/mol. The molecule has 1 aliphatic carbocycles. The first kappa shape index (κ1) is 12.8. The lowest BCUT2D eigenvalue weighted by Crippen LogP contribution is -2.38. The average molecular weight is 265 g/mol. The van der Waals surface area contributed by atoms with Gasteiger partial charge < -0.3 is 15.4 Å². The summed E-state index contributed by atoms with van der Waals surface area (Å²) in [6, 6.07) is -0.445. The van der Waals surface area contributed by atoms with Gasteiger partial charge in [-0.1, -0.05) is 12.2 Å². The van der Waals surface area contributed by atoms with E-state index in [-0.39, 0.29) is 12.0 Å². The molecule has 0 bridgehead atoms. The van der Waals surface area contributed by atoms with Gasteiger partial charge in [-0.3, -0.25) is 19.4 Å². The van der Waals surface area contributed by atoms with Crippen molar-refractivity contribution >= 4 is 11.9 Å². The van der Waals surface area contributed by atoms with Crippen LogP contribution in [-0.2, 0) is 4.79 Å². The molecule has 0 saturated carbocycles. The van der Waals surface area contributed by atoms with Gasteiger partial charge in [0.15, 0.2) is 0 Å². The Balaban J connectivity index is 2.07. The van der Waals surface area contributed by atoms with Crippen LogP contribution in [0.5, 0.6) is 0 Å². The molecule has 19 heavy (non-hydrogen) atoms. The summed E-state index contributed by atoms with van der Waals surface area (Å²) in [6.07, 6.45) is 4.31. The summed E-state index contributed by atoms with van der Waals surface area (Å²) in [5.41, 5.74) is -1.72. The third-order valence-corrected chi connectivity index (χ3v) is 2.78. The van der Waals surface area contributed by atoms with Crippen molar-refractivity contribution in [3.63, 3.8) is 0 Å². The van der Waals surface area contributed by atoms with E-state index in [1.165, 1.54) is 6.08 Å². The molecule has 1 aromatic heterocycles. The average Bonchev–Trinajstić information content (AvgIpc) is 2.77. The van der Waals surface area contributed by atoms with Crippen molar-refractivity contribution < 1.29 is 14.7 Å². The van der Waals surface area contributed by atoms with Gasteiger partial charge in [0.1, 0.15) is 5.56 Å². The van der Waals surface area contributed by atoms with E-state index in [1.807, 2.05) is 4.98 Å². The summed E-state index contributed by atoms with van der Waals surface area (Å²) >= 11 is 0. The van der Waals surface area contributed by atoms with Crippen LogP contribution in [0.15, 0.2) is 27.9 Å². The maximum absolute atomic E-state index is 11.8. The molecule has 0 aliphatic heterocycles. The molecule has 8 heteroatoms. The second kappa shape index (κ2) is 4.92. The molecule has 2 rings (SSSR count). The summed E-state index contributed by atoms with van der Waals surface area (Å²) in [4.78, 5) is 48.8. The molecule has 0 radical (unpaired) electrons. The minimum atomic E-state index is -0.963. The zero-order valence-electron chi connectivity index (χ0n) is 9.67. The van der Waals surface area contributed by atoms with E-state index >= 15 is 0 Å². The SMILES string of the molecule is O=C(NC1C=CC(C(=O)O)C1)c1c[nH]c(=O)[nH]c1=O. The van der Waals surface area contributed by atoms with Gasteiger partial charge in [0.05, 0.1) is 5.92 Å². The lowest BCUT2D eigenvalue weighted by Gasteiger charge is -2.11. The smallest absolute Gasteiger partial charge is 0.325 e. The topological polar surface area (TPSA) is 132 Å². The minimum absolute atomic E-state index is 0.230. The van der Waals surface area contributed by atoms with E-state index in [2.05, 4.69) is 10.3 Å². The number of aromatic amines is 2. The molecule has 1 aliphatic rings. The molecule has 1 aromatic rings. The number of aliphatic carboxylic acids is 1. The molecule has 1 amide bonds. The molecular formula is C11H11N3O5. The fourth-order valence-corrected chi connectivity index (χ4v) is 1.81. The van der Waals surface area contributed by atoms with Crippen molar-refractivity contribution in [1.29, 1.82) is 0 Å². The second-order valence-electron chi connectivity index (χ2n) is 4.13. The van der Waals surface area contributed by atoms with Crippen LogP contribution in [0, 0.1) is 5.92 Å². The Morgan fingerprint density at radius 1 is 1.32 bits per heavy atom. The van der Waals surface area contributed by atoms with Crippen LogP contribution in [0.25, 0.3) is 0 Å². The van der Waals surface area contributed by atoms with Crippen LogP contribution < -0.4 is 16.6 Å². The summed E-state index contributed by atoms with van der Waals surface area (Å²) in [7, 11) is 0. The first-order valence-electron chi connectivity index (χ1n) is 5.51. The molecule has 4 N–H and O–H groups in total. The molecular weight excluding hydrogens is 254 g/mol. The molecule has 100 valence electrons. The van der Waals surface area contributed by atoms with Crippen LogP contribution in [0.1, 0.15) is 16.8 Å². The van der Waals surface area contributed by atoms with Crippen molar-refractivity contribution in [2.24, 2.45) is 5.92 Å². The highest BCUT2D eigenvalue weighted by Gasteiger charge is 2.26. The Bertz CT molecular complexity index is 657. The number of nitrogens with one attached hydrogen (secondary N) is 3. The lowest BCUT2D eigenvalue weighted by atomic mass is 10.1. The number of carbonyl (C=O) groups excluding carboxylic acids is 1. The third-order valence-electron chi connectivity index (χ3n) is 2.78. The monoisotopic (exact) mass is 265 g/mol. The van der Waals surface area contributed by atoms with Crippen molar-refractivity contribution in [3.05, 3.63) is 44.8 Å². The van der Waals surface area contributed by atoms with E-state index < -0.39 is 35.1 Å². The molecule has 2 atom stereocenters. The zero-order valence-corrected chi connectivity index (χ0v) is 9.67. The Kier molecular flexibility index (Phi) is 3.32. The maximum atomic E-state index is 11.8. The maximum Gasteiger partial charge on any atom is 0.325 e. The number of carboxylic acids is 1. The van der Waals surface area contributed by atoms with Gasteiger partial charge in [-0.2, -0.15) is 0 Å². The van der Waals surface area contributed by atoms with E-state index in [0.29, 0.717) is 0 Å². The largest absolute Gasteiger partial charge is 0.481 e. The fraction of sp³-hybridized carbons (Fsp3) is 0.273. The molecule has 8 nitrogen and oxygen atoms in total. The molecule has 0 saturated heterocycles. The van der Waals surface area contributed by atoms with Gasteiger partial charge in [-0.05, 0) is 6.42 Å².